The molecule has 0 aliphatic carbocycles. The van der Waals surface area contributed by atoms with Crippen molar-refractivity contribution >= 4 is 5.97 Å². The highest BCUT2D eigenvalue weighted by Gasteiger charge is 2.25. The number of carbonyl (C=O) groups excluding carboxylic acids is 1. The molecule has 0 aliphatic heterocycles. The molecule has 1 rings (SSSR count). The summed E-state index contributed by atoms with van der Waals surface area (Å²) in [5.41, 5.74) is 0.401. The van der Waals surface area contributed by atoms with Crippen LogP contribution in [0.25, 0.3) is 0 Å². The molecule has 6 heteroatoms. The van der Waals surface area contributed by atoms with Gasteiger partial charge in [0.2, 0.25) is 0 Å². The maximum absolute atomic E-state index is 11.1. The average Bonchev–Trinajstić information content (AvgIpc) is 2.77. The van der Waals surface area contributed by atoms with Crippen molar-refractivity contribution < 1.29 is 19.7 Å². The first-order valence-corrected chi connectivity index (χ1v) is 4.58. The van der Waals surface area contributed by atoms with Gasteiger partial charge in [-0.25, -0.2) is 0 Å². The van der Waals surface area contributed by atoms with Crippen molar-refractivity contribution in [1.82, 2.24) is 10.2 Å². The Labute approximate surface area is 86.9 Å². The summed E-state index contributed by atoms with van der Waals surface area (Å²) >= 11 is 0. The first kappa shape index (κ1) is 11.7. The van der Waals surface area contributed by atoms with Crippen LogP contribution in [0.4, 0.5) is 0 Å². The summed E-state index contributed by atoms with van der Waals surface area (Å²) in [4.78, 5) is 11.1. The van der Waals surface area contributed by atoms with Crippen molar-refractivity contribution in [3.8, 4) is 0 Å². The van der Waals surface area contributed by atoms with Crippen LogP contribution in [0.1, 0.15) is 25.0 Å². The first-order chi connectivity index (χ1) is 7.19. The maximum atomic E-state index is 11.1. The van der Waals surface area contributed by atoms with Crippen molar-refractivity contribution in [1.29, 1.82) is 0 Å². The van der Waals surface area contributed by atoms with Gasteiger partial charge in [0.05, 0.1) is 6.61 Å². The number of esters is 1. The summed E-state index contributed by atoms with van der Waals surface area (Å²) in [5, 5.41) is 24.3. The van der Waals surface area contributed by atoms with Crippen LogP contribution in [-0.2, 0) is 9.53 Å². The number of rotatable bonds is 5. The molecule has 0 saturated carbocycles. The fourth-order valence-corrected chi connectivity index (χ4v) is 1.05. The molecule has 0 amide bonds. The number of H-pyrrole nitrogens is 1. The van der Waals surface area contributed by atoms with E-state index in [1.54, 1.807) is 6.92 Å². The van der Waals surface area contributed by atoms with Crippen LogP contribution >= 0.6 is 0 Å². The minimum Gasteiger partial charge on any atom is -0.454 e. The van der Waals surface area contributed by atoms with Gasteiger partial charge in [-0.05, 0) is 0 Å². The Morgan fingerprint density at radius 1 is 1.80 bits per heavy atom. The van der Waals surface area contributed by atoms with Gasteiger partial charge in [0.1, 0.15) is 12.3 Å². The number of hydrogen-bond donors (Lipinski definition) is 3. The number of carbonyl (C=O) groups is 1. The van der Waals surface area contributed by atoms with E-state index in [9.17, 15) is 9.90 Å². The summed E-state index contributed by atoms with van der Waals surface area (Å²) in [7, 11) is 0. The quantitative estimate of drug-likeness (QED) is 0.576. The Balaban J connectivity index is 2.74. The van der Waals surface area contributed by atoms with E-state index in [-0.39, 0.29) is 6.42 Å². The van der Waals surface area contributed by atoms with E-state index in [1.807, 2.05) is 0 Å². The Hall–Kier alpha value is -1.40. The zero-order valence-corrected chi connectivity index (χ0v) is 8.30. The number of ether oxygens (including phenoxy) is 1. The summed E-state index contributed by atoms with van der Waals surface area (Å²) in [6, 6.07) is 0. The minimum absolute atomic E-state index is 0.201. The fourth-order valence-electron chi connectivity index (χ4n) is 1.05. The predicted octanol–water partition coefficient (Wildman–Crippen LogP) is -0.443. The van der Waals surface area contributed by atoms with Crippen molar-refractivity contribution in [2.24, 2.45) is 0 Å². The van der Waals surface area contributed by atoms with Crippen molar-refractivity contribution in [3.05, 3.63) is 18.0 Å². The second-order valence-corrected chi connectivity index (χ2v) is 2.97. The minimum atomic E-state index is -1.17. The van der Waals surface area contributed by atoms with Gasteiger partial charge in [-0.1, -0.05) is 6.92 Å². The molecule has 0 aromatic carbocycles. The predicted molar refractivity (Wildman–Crippen MR) is 49.6 cm³/mol. The molecule has 15 heavy (non-hydrogen) atoms. The van der Waals surface area contributed by atoms with Crippen LogP contribution in [0.5, 0.6) is 0 Å². The third-order valence-electron chi connectivity index (χ3n) is 1.86. The molecule has 83 valence electrons. The molecular formula is C9H13N2O4. The van der Waals surface area contributed by atoms with Crippen LogP contribution in [0.3, 0.4) is 0 Å². The molecule has 3 N–H and O–H groups in total. The number of aliphatic hydroxyl groups is 2. The number of nitrogens with zero attached hydrogens (tertiary/aromatic N) is 1. The van der Waals surface area contributed by atoms with Gasteiger partial charge < -0.3 is 14.9 Å². The molecule has 1 radical (unpaired) electrons. The number of aromatic nitrogens is 2. The number of aliphatic hydroxyl groups excluding tert-OH is 2. The first-order valence-electron chi connectivity index (χ1n) is 4.58. The number of aromatic amines is 1. The second kappa shape index (κ2) is 5.47. The van der Waals surface area contributed by atoms with Gasteiger partial charge in [-0.15, -0.1) is 0 Å². The van der Waals surface area contributed by atoms with Gasteiger partial charge in [-0.3, -0.25) is 9.89 Å². The van der Waals surface area contributed by atoms with E-state index in [4.69, 9.17) is 9.84 Å². The van der Waals surface area contributed by atoms with Crippen LogP contribution in [0.2, 0.25) is 0 Å². The van der Waals surface area contributed by atoms with Gasteiger partial charge in [-0.2, -0.15) is 5.10 Å². The van der Waals surface area contributed by atoms with Crippen molar-refractivity contribution in [3.63, 3.8) is 0 Å². The lowest BCUT2D eigenvalue weighted by molar-refractivity contribution is -0.156. The standard InChI is InChI=1S/C9H13N2O4/c1-2-8(14)15-9(7(13)5-12)6-3-10-11-4-6/h3,7,9,12-13H,2,5H2,1H3,(H,10,11). The molecule has 6 nitrogen and oxygen atoms in total. The molecule has 0 spiro atoms. The lowest BCUT2D eigenvalue weighted by atomic mass is 10.1. The number of hydrogen-bond acceptors (Lipinski definition) is 5. The van der Waals surface area contributed by atoms with E-state index in [0.29, 0.717) is 5.56 Å². The zero-order valence-electron chi connectivity index (χ0n) is 8.30. The molecular weight excluding hydrogens is 200 g/mol. The molecule has 2 atom stereocenters. The molecule has 0 fully saturated rings. The lowest BCUT2D eigenvalue weighted by Crippen LogP contribution is -2.26. The molecule has 1 aromatic heterocycles. The Morgan fingerprint density at radius 3 is 3.00 bits per heavy atom. The van der Waals surface area contributed by atoms with Crippen molar-refractivity contribution in [2.45, 2.75) is 25.6 Å². The fraction of sp³-hybridized carbons (Fsp3) is 0.556. The Bertz CT molecular complexity index is 299. The number of nitrogens with one attached hydrogen (secondary N) is 1. The largest absolute Gasteiger partial charge is 0.454 e. The lowest BCUT2D eigenvalue weighted by Gasteiger charge is -2.19. The molecule has 0 aliphatic rings. The van der Waals surface area contributed by atoms with Crippen LogP contribution in [0.15, 0.2) is 6.20 Å². The van der Waals surface area contributed by atoms with Gasteiger partial charge in [0.15, 0.2) is 6.10 Å². The van der Waals surface area contributed by atoms with Crippen LogP contribution in [0, 0.1) is 6.20 Å². The Morgan fingerprint density at radius 2 is 2.53 bits per heavy atom. The molecule has 2 unspecified atom stereocenters. The highest BCUT2D eigenvalue weighted by Crippen LogP contribution is 2.20. The highest BCUT2D eigenvalue weighted by molar-refractivity contribution is 5.69. The smallest absolute Gasteiger partial charge is 0.306 e. The summed E-state index contributed by atoms with van der Waals surface area (Å²) in [6.07, 6.45) is 2.08. The normalized spacial score (nSPS) is 14.6. The summed E-state index contributed by atoms with van der Waals surface area (Å²) in [5.74, 6) is -0.456. The third kappa shape index (κ3) is 3.03. The second-order valence-electron chi connectivity index (χ2n) is 2.97. The molecule has 0 saturated heterocycles. The molecule has 0 bridgehead atoms. The van der Waals surface area contributed by atoms with Gasteiger partial charge in [0.25, 0.3) is 0 Å². The summed E-state index contributed by atoms with van der Waals surface area (Å²) < 4.78 is 4.96. The SMILES string of the molecule is CCC(=O)OC(c1[c]n[nH]c1)C(O)CO. The maximum Gasteiger partial charge on any atom is 0.306 e. The van der Waals surface area contributed by atoms with E-state index >= 15 is 0 Å². The van der Waals surface area contributed by atoms with E-state index in [0.717, 1.165) is 0 Å². The average molecular weight is 213 g/mol. The van der Waals surface area contributed by atoms with Gasteiger partial charge in [0, 0.05) is 18.2 Å². The van der Waals surface area contributed by atoms with Crippen LogP contribution < -0.4 is 0 Å². The van der Waals surface area contributed by atoms with Gasteiger partial charge >= 0.3 is 5.97 Å². The topological polar surface area (TPSA) is 95.4 Å². The monoisotopic (exact) mass is 213 g/mol. The van der Waals surface area contributed by atoms with Crippen LogP contribution in [-0.4, -0.2) is 39.1 Å². The van der Waals surface area contributed by atoms with E-state index in [2.05, 4.69) is 16.4 Å². The zero-order chi connectivity index (χ0) is 11.3. The van der Waals surface area contributed by atoms with E-state index in [1.165, 1.54) is 6.20 Å². The highest BCUT2D eigenvalue weighted by atomic mass is 16.6. The molecule has 1 aromatic rings. The summed E-state index contributed by atoms with van der Waals surface area (Å²) in [6.45, 7) is 1.14. The molecule has 1 heterocycles. The third-order valence-corrected chi connectivity index (χ3v) is 1.86. The Kier molecular flexibility index (Phi) is 4.26. The van der Waals surface area contributed by atoms with E-state index < -0.39 is 24.8 Å². The van der Waals surface area contributed by atoms with Crippen molar-refractivity contribution in [2.75, 3.05) is 6.61 Å².